The molecule has 1 saturated heterocycles. The Bertz CT molecular complexity index is 1330. The first-order valence-corrected chi connectivity index (χ1v) is 12.1. The van der Waals surface area contributed by atoms with Gasteiger partial charge in [0, 0.05) is 17.3 Å². The molecule has 0 aliphatic carbocycles. The normalized spacial score (nSPS) is 16.3. The summed E-state index contributed by atoms with van der Waals surface area (Å²) >= 11 is 5.99. The Labute approximate surface area is 218 Å². The molecule has 1 N–H and O–H groups in total. The van der Waals surface area contributed by atoms with Crippen molar-refractivity contribution in [1.29, 1.82) is 0 Å². The van der Waals surface area contributed by atoms with Crippen molar-refractivity contribution in [2.45, 2.75) is 25.9 Å². The standard InChI is InChI=1S/C27H24ClN3O6/c1-2-35-21-10-6-19(7-11-21)29-25(32)14-22-26(33)31(20-8-4-18(28)5-9-20)27(34)30(22)15-17-3-12-23-24(13-17)37-16-36-23/h3-13,22H,2,14-16H2,1H3,(H,29,32)/t22-/m0/s1. The maximum absolute atomic E-state index is 13.5. The van der Waals surface area contributed by atoms with E-state index in [1.165, 1.54) is 4.90 Å². The number of imide groups is 1. The lowest BCUT2D eigenvalue weighted by atomic mass is 10.1. The predicted molar refractivity (Wildman–Crippen MR) is 137 cm³/mol. The van der Waals surface area contributed by atoms with Crippen LogP contribution in [-0.4, -0.2) is 42.2 Å². The summed E-state index contributed by atoms with van der Waals surface area (Å²) in [5.74, 6) is 0.973. The van der Waals surface area contributed by atoms with E-state index in [0.29, 0.717) is 40.3 Å². The van der Waals surface area contributed by atoms with Gasteiger partial charge >= 0.3 is 6.03 Å². The van der Waals surface area contributed by atoms with E-state index < -0.39 is 23.9 Å². The number of hydrogen-bond acceptors (Lipinski definition) is 6. The van der Waals surface area contributed by atoms with Gasteiger partial charge in [0.1, 0.15) is 11.8 Å². The molecule has 2 aliphatic heterocycles. The number of nitrogens with zero attached hydrogens (tertiary/aromatic N) is 2. The Morgan fingerprint density at radius 1 is 1.03 bits per heavy atom. The number of fused-ring (bicyclic) bond motifs is 1. The number of amides is 4. The van der Waals surface area contributed by atoms with Crippen LogP contribution in [0.4, 0.5) is 16.2 Å². The van der Waals surface area contributed by atoms with Gasteiger partial charge in [-0.2, -0.15) is 0 Å². The van der Waals surface area contributed by atoms with Gasteiger partial charge in [0.05, 0.1) is 18.7 Å². The minimum Gasteiger partial charge on any atom is -0.494 e. The van der Waals surface area contributed by atoms with E-state index in [9.17, 15) is 14.4 Å². The molecule has 190 valence electrons. The summed E-state index contributed by atoms with van der Waals surface area (Å²) in [6.07, 6.45) is -0.216. The number of urea groups is 1. The fourth-order valence-corrected chi connectivity index (χ4v) is 4.39. The summed E-state index contributed by atoms with van der Waals surface area (Å²) in [7, 11) is 0. The fraction of sp³-hybridized carbons (Fsp3) is 0.222. The summed E-state index contributed by atoms with van der Waals surface area (Å²) in [6.45, 7) is 2.65. The highest BCUT2D eigenvalue weighted by Crippen LogP contribution is 2.35. The number of carbonyl (C=O) groups excluding carboxylic acids is 3. The Morgan fingerprint density at radius 3 is 2.49 bits per heavy atom. The first-order chi connectivity index (χ1) is 17.9. The molecule has 2 heterocycles. The van der Waals surface area contributed by atoms with Crippen LogP contribution in [0.15, 0.2) is 66.7 Å². The summed E-state index contributed by atoms with van der Waals surface area (Å²) in [5.41, 5.74) is 1.67. The molecule has 3 aromatic rings. The van der Waals surface area contributed by atoms with Gasteiger partial charge in [-0.1, -0.05) is 17.7 Å². The molecule has 3 aromatic carbocycles. The molecular formula is C27H24ClN3O6. The van der Waals surface area contributed by atoms with Crippen molar-refractivity contribution in [1.82, 2.24) is 4.90 Å². The largest absolute Gasteiger partial charge is 0.494 e. The lowest BCUT2D eigenvalue weighted by molar-refractivity contribution is -0.124. The van der Waals surface area contributed by atoms with E-state index in [0.717, 1.165) is 10.5 Å². The van der Waals surface area contributed by atoms with Crippen LogP contribution >= 0.6 is 11.6 Å². The number of rotatable bonds is 8. The Morgan fingerprint density at radius 2 is 1.76 bits per heavy atom. The second-order valence-electron chi connectivity index (χ2n) is 8.47. The van der Waals surface area contributed by atoms with Crippen LogP contribution in [0.1, 0.15) is 18.9 Å². The minimum atomic E-state index is -1.00. The highest BCUT2D eigenvalue weighted by atomic mass is 35.5. The lowest BCUT2D eigenvalue weighted by Crippen LogP contribution is -2.37. The molecular weight excluding hydrogens is 498 g/mol. The molecule has 0 aromatic heterocycles. The fourth-order valence-electron chi connectivity index (χ4n) is 4.27. The average Bonchev–Trinajstić information content (AvgIpc) is 3.44. The first kappa shape index (κ1) is 24.5. The summed E-state index contributed by atoms with van der Waals surface area (Å²) in [5, 5.41) is 3.27. The van der Waals surface area contributed by atoms with E-state index in [4.69, 9.17) is 25.8 Å². The van der Waals surface area contributed by atoms with Crippen LogP contribution in [0.2, 0.25) is 5.02 Å². The van der Waals surface area contributed by atoms with Crippen LogP contribution in [-0.2, 0) is 16.1 Å². The van der Waals surface area contributed by atoms with Gasteiger partial charge < -0.3 is 24.4 Å². The Hall–Kier alpha value is -4.24. The van der Waals surface area contributed by atoms with Gasteiger partial charge in [-0.15, -0.1) is 0 Å². The van der Waals surface area contributed by atoms with Gasteiger partial charge in [-0.25, -0.2) is 9.69 Å². The van der Waals surface area contributed by atoms with Crippen LogP contribution < -0.4 is 24.4 Å². The predicted octanol–water partition coefficient (Wildman–Crippen LogP) is 4.83. The van der Waals surface area contributed by atoms with Crippen molar-refractivity contribution in [2.24, 2.45) is 0 Å². The monoisotopic (exact) mass is 521 g/mol. The molecule has 0 spiro atoms. The van der Waals surface area contributed by atoms with Crippen molar-refractivity contribution in [3.8, 4) is 17.2 Å². The number of nitrogens with one attached hydrogen (secondary N) is 1. The number of ether oxygens (including phenoxy) is 3. The van der Waals surface area contributed by atoms with E-state index >= 15 is 0 Å². The second-order valence-corrected chi connectivity index (χ2v) is 8.91. The molecule has 10 heteroatoms. The molecule has 2 aliphatic rings. The van der Waals surface area contributed by atoms with Crippen LogP contribution in [0, 0.1) is 0 Å². The van der Waals surface area contributed by atoms with Crippen molar-refractivity contribution >= 4 is 40.8 Å². The third-order valence-corrected chi connectivity index (χ3v) is 6.27. The lowest BCUT2D eigenvalue weighted by Gasteiger charge is -2.22. The quantitative estimate of drug-likeness (QED) is 0.426. The van der Waals surface area contributed by atoms with Crippen LogP contribution in [0.5, 0.6) is 17.2 Å². The maximum atomic E-state index is 13.5. The van der Waals surface area contributed by atoms with E-state index in [-0.39, 0.29) is 19.8 Å². The number of carbonyl (C=O) groups is 3. The second kappa shape index (κ2) is 10.4. The van der Waals surface area contributed by atoms with Gasteiger partial charge in [0.15, 0.2) is 11.5 Å². The molecule has 5 rings (SSSR count). The highest BCUT2D eigenvalue weighted by molar-refractivity contribution is 6.30. The Balaban J connectivity index is 1.38. The third-order valence-electron chi connectivity index (χ3n) is 6.02. The minimum absolute atomic E-state index is 0.103. The van der Waals surface area contributed by atoms with Gasteiger partial charge in [0.2, 0.25) is 12.7 Å². The van der Waals surface area contributed by atoms with Gasteiger partial charge in [-0.3, -0.25) is 9.59 Å². The number of hydrogen-bond donors (Lipinski definition) is 1. The highest BCUT2D eigenvalue weighted by Gasteiger charge is 2.46. The molecule has 37 heavy (non-hydrogen) atoms. The van der Waals surface area contributed by atoms with Crippen LogP contribution in [0.25, 0.3) is 0 Å². The molecule has 4 amide bonds. The zero-order valence-electron chi connectivity index (χ0n) is 20.0. The van der Waals surface area contributed by atoms with Crippen LogP contribution in [0.3, 0.4) is 0 Å². The molecule has 1 fully saturated rings. The Kier molecular flexibility index (Phi) is 6.87. The van der Waals surface area contributed by atoms with E-state index in [2.05, 4.69) is 5.32 Å². The molecule has 0 radical (unpaired) electrons. The molecule has 1 atom stereocenters. The van der Waals surface area contributed by atoms with Crippen molar-refractivity contribution in [3.63, 3.8) is 0 Å². The van der Waals surface area contributed by atoms with E-state index in [1.807, 2.05) is 6.92 Å². The SMILES string of the molecule is CCOc1ccc(NC(=O)C[C@H]2C(=O)N(c3ccc(Cl)cc3)C(=O)N2Cc2ccc3c(c2)OCO3)cc1. The third kappa shape index (κ3) is 5.17. The topological polar surface area (TPSA) is 97.4 Å². The summed E-state index contributed by atoms with van der Waals surface area (Å²) in [4.78, 5) is 42.4. The average molecular weight is 522 g/mol. The number of halogens is 1. The zero-order chi connectivity index (χ0) is 25.9. The molecule has 0 bridgehead atoms. The van der Waals surface area contributed by atoms with Crippen molar-refractivity contribution in [2.75, 3.05) is 23.6 Å². The van der Waals surface area contributed by atoms with Crippen molar-refractivity contribution < 1.29 is 28.6 Å². The van der Waals surface area contributed by atoms with Gasteiger partial charge in [-0.05, 0) is 73.2 Å². The van der Waals surface area contributed by atoms with Gasteiger partial charge in [0.25, 0.3) is 5.91 Å². The summed E-state index contributed by atoms with van der Waals surface area (Å²) in [6, 6.07) is 17.1. The summed E-state index contributed by atoms with van der Waals surface area (Å²) < 4.78 is 16.2. The van der Waals surface area contributed by atoms with Crippen molar-refractivity contribution in [3.05, 3.63) is 77.3 Å². The smallest absolute Gasteiger partial charge is 0.332 e. The zero-order valence-corrected chi connectivity index (χ0v) is 20.7. The first-order valence-electron chi connectivity index (χ1n) is 11.7. The number of benzene rings is 3. The molecule has 9 nitrogen and oxygen atoms in total. The van der Waals surface area contributed by atoms with E-state index in [1.54, 1.807) is 66.7 Å². The molecule has 0 saturated carbocycles. The number of anilines is 2. The molecule has 0 unspecified atom stereocenters. The maximum Gasteiger partial charge on any atom is 0.332 e.